The number of fused-ring (bicyclic) bond motifs is 1. The van der Waals surface area contributed by atoms with Crippen molar-refractivity contribution in [2.45, 2.75) is 24.7 Å². The second kappa shape index (κ2) is 7.76. The van der Waals surface area contributed by atoms with Crippen molar-refractivity contribution in [2.75, 3.05) is 28.4 Å². The van der Waals surface area contributed by atoms with E-state index in [0.29, 0.717) is 0 Å². The van der Waals surface area contributed by atoms with E-state index in [0.717, 1.165) is 26.6 Å². The van der Waals surface area contributed by atoms with Crippen LogP contribution in [0.3, 0.4) is 0 Å². The van der Waals surface area contributed by atoms with Crippen molar-refractivity contribution in [3.8, 4) is 0 Å². The van der Waals surface area contributed by atoms with Gasteiger partial charge in [0.15, 0.2) is 12.2 Å². The summed E-state index contributed by atoms with van der Waals surface area (Å²) in [6.45, 7) is 0. The molecule has 0 aliphatic carbocycles. The summed E-state index contributed by atoms with van der Waals surface area (Å²) in [5.74, 6) is -5.01. The van der Waals surface area contributed by atoms with E-state index in [9.17, 15) is 19.2 Å². The average Bonchev–Trinajstić information content (AvgIpc) is 3.16. The molecule has 0 bridgehead atoms. The molecule has 0 aromatic rings. The maximum absolute atomic E-state index is 12.2. The van der Waals surface area contributed by atoms with Crippen LogP contribution in [0.1, 0.15) is 6.42 Å². The molecule has 2 fully saturated rings. The van der Waals surface area contributed by atoms with Crippen molar-refractivity contribution < 1.29 is 47.8 Å². The van der Waals surface area contributed by atoms with Crippen LogP contribution in [0.15, 0.2) is 0 Å². The molecule has 5 atom stereocenters. The summed E-state index contributed by atoms with van der Waals surface area (Å²) in [4.78, 5) is 58.5. The van der Waals surface area contributed by atoms with Crippen LogP contribution in [0.2, 0.25) is 0 Å². The minimum absolute atomic E-state index is 0.262. The maximum atomic E-state index is 12.2. The van der Waals surface area contributed by atoms with Crippen LogP contribution < -0.4 is 0 Å². The summed E-state index contributed by atoms with van der Waals surface area (Å²) in [5, 5.41) is 0.859. The molecule has 2 aliphatic rings. The molecule has 11 nitrogen and oxygen atoms in total. The first-order valence-electron chi connectivity index (χ1n) is 7.32. The molecule has 2 rings (SSSR count). The predicted octanol–water partition coefficient (Wildman–Crippen LogP) is -1.40. The van der Waals surface area contributed by atoms with E-state index in [1.165, 1.54) is 7.11 Å². The molecule has 0 saturated carbocycles. The Morgan fingerprint density at radius 2 is 1.32 bits per heavy atom. The number of nitrogens with zero attached hydrogens (tertiary/aromatic N) is 1. The number of hydrogen-bond acceptors (Lipinski definition) is 11. The number of hydroxylamine groups is 2. The quantitative estimate of drug-likeness (QED) is 0.424. The topological polar surface area (TPSA) is 127 Å². The first-order valence-corrected chi connectivity index (χ1v) is 7.32. The molecular formula is C14H19NO10. The van der Waals surface area contributed by atoms with Crippen LogP contribution in [0.4, 0.5) is 0 Å². The number of rotatable bonds is 5. The molecule has 2 aliphatic heterocycles. The van der Waals surface area contributed by atoms with Gasteiger partial charge < -0.3 is 18.9 Å². The predicted molar refractivity (Wildman–Crippen MR) is 75.0 cm³/mol. The Morgan fingerprint density at radius 3 is 1.84 bits per heavy atom. The van der Waals surface area contributed by atoms with Crippen LogP contribution in [0, 0.1) is 11.8 Å². The van der Waals surface area contributed by atoms with Gasteiger partial charge in [0.25, 0.3) is 0 Å². The van der Waals surface area contributed by atoms with Crippen LogP contribution in [0.25, 0.3) is 0 Å². The highest BCUT2D eigenvalue weighted by atomic mass is 17.0. The molecular weight excluding hydrogens is 342 g/mol. The SMILES string of the molecule is COC(=O)C[C@H]1[C@@H]2[C@H](C(=O)OC)[C@@H](C(=O)OC)ON2O[C@H]1C(=O)OC. The van der Waals surface area contributed by atoms with Gasteiger partial charge in [-0.25, -0.2) is 9.59 Å². The van der Waals surface area contributed by atoms with E-state index in [1.54, 1.807) is 0 Å². The van der Waals surface area contributed by atoms with Gasteiger partial charge in [-0.3, -0.25) is 19.3 Å². The van der Waals surface area contributed by atoms with Crippen LogP contribution in [-0.2, 0) is 47.8 Å². The summed E-state index contributed by atoms with van der Waals surface area (Å²) in [6.07, 6.45) is -2.80. The van der Waals surface area contributed by atoms with Crippen LogP contribution in [0.5, 0.6) is 0 Å². The highest BCUT2D eigenvalue weighted by Gasteiger charge is 2.63. The Morgan fingerprint density at radius 1 is 0.800 bits per heavy atom. The Labute approximate surface area is 142 Å². The van der Waals surface area contributed by atoms with Gasteiger partial charge in [-0.1, -0.05) is 5.23 Å². The van der Waals surface area contributed by atoms with Gasteiger partial charge in [-0.2, -0.15) is 0 Å². The lowest BCUT2D eigenvalue weighted by atomic mass is 9.82. The fraction of sp³-hybridized carbons (Fsp3) is 0.714. The number of carbonyl (C=O) groups excluding carboxylic acids is 4. The molecule has 25 heavy (non-hydrogen) atoms. The first-order chi connectivity index (χ1) is 11.9. The fourth-order valence-corrected chi connectivity index (χ4v) is 2.99. The van der Waals surface area contributed by atoms with Gasteiger partial charge in [0.1, 0.15) is 5.92 Å². The average molecular weight is 361 g/mol. The molecule has 0 unspecified atom stereocenters. The summed E-state index contributed by atoms with van der Waals surface area (Å²) in [7, 11) is 4.61. The van der Waals surface area contributed by atoms with Crippen molar-refractivity contribution in [2.24, 2.45) is 11.8 Å². The Balaban J connectivity index is 2.38. The largest absolute Gasteiger partial charge is 0.469 e. The zero-order valence-electron chi connectivity index (χ0n) is 14.1. The van der Waals surface area contributed by atoms with Crippen molar-refractivity contribution in [3.05, 3.63) is 0 Å². The number of hydrogen-bond donors (Lipinski definition) is 0. The second-order valence-electron chi connectivity index (χ2n) is 5.37. The summed E-state index contributed by atoms with van der Waals surface area (Å²) < 4.78 is 18.6. The molecule has 11 heteroatoms. The smallest absolute Gasteiger partial charge is 0.338 e. The monoisotopic (exact) mass is 361 g/mol. The summed E-state index contributed by atoms with van der Waals surface area (Å²) in [6, 6.07) is -0.945. The lowest BCUT2D eigenvalue weighted by Crippen LogP contribution is -2.44. The van der Waals surface area contributed by atoms with Gasteiger partial charge in [0, 0.05) is 5.92 Å². The zero-order valence-corrected chi connectivity index (χ0v) is 14.1. The van der Waals surface area contributed by atoms with E-state index in [-0.39, 0.29) is 6.42 Å². The Hall–Kier alpha value is -2.24. The number of esters is 4. The molecule has 0 N–H and O–H groups in total. The van der Waals surface area contributed by atoms with E-state index in [1.807, 2.05) is 0 Å². The van der Waals surface area contributed by atoms with E-state index in [4.69, 9.17) is 14.4 Å². The third-order valence-corrected chi connectivity index (χ3v) is 4.17. The van der Waals surface area contributed by atoms with Gasteiger partial charge in [0.05, 0.1) is 40.9 Å². The van der Waals surface area contributed by atoms with Gasteiger partial charge in [-0.15, -0.1) is 0 Å². The minimum atomic E-state index is -1.33. The molecule has 0 spiro atoms. The maximum Gasteiger partial charge on any atom is 0.338 e. The number of carbonyl (C=O) groups is 4. The Bertz CT molecular complexity index is 564. The van der Waals surface area contributed by atoms with E-state index < -0.39 is 54.0 Å². The molecule has 2 heterocycles. The summed E-state index contributed by atoms with van der Waals surface area (Å²) >= 11 is 0. The number of ether oxygens (including phenoxy) is 4. The van der Waals surface area contributed by atoms with Gasteiger partial charge in [0.2, 0.25) is 0 Å². The minimum Gasteiger partial charge on any atom is -0.469 e. The van der Waals surface area contributed by atoms with Crippen LogP contribution in [-0.4, -0.2) is 75.8 Å². The fourth-order valence-electron chi connectivity index (χ4n) is 2.99. The molecule has 0 aromatic heterocycles. The third-order valence-electron chi connectivity index (χ3n) is 4.17. The summed E-state index contributed by atoms with van der Waals surface area (Å²) in [5.41, 5.74) is 0. The van der Waals surface area contributed by atoms with Crippen LogP contribution >= 0.6 is 0 Å². The zero-order chi connectivity index (χ0) is 18.7. The molecule has 2 saturated heterocycles. The van der Waals surface area contributed by atoms with Crippen molar-refractivity contribution >= 4 is 23.9 Å². The Kier molecular flexibility index (Phi) is 5.93. The highest BCUT2D eigenvalue weighted by molar-refractivity contribution is 5.85. The number of methoxy groups -OCH3 is 4. The van der Waals surface area contributed by atoms with Gasteiger partial charge >= 0.3 is 23.9 Å². The first kappa shape index (κ1) is 19.1. The normalized spacial score (nSPS) is 31.1. The molecule has 0 aromatic carbocycles. The lowest BCUT2D eigenvalue weighted by Gasteiger charge is -2.22. The van der Waals surface area contributed by atoms with E-state index in [2.05, 4.69) is 14.2 Å². The van der Waals surface area contributed by atoms with Gasteiger partial charge in [-0.05, 0) is 0 Å². The van der Waals surface area contributed by atoms with Crippen molar-refractivity contribution in [1.82, 2.24) is 5.23 Å². The highest BCUT2D eigenvalue weighted by Crippen LogP contribution is 2.43. The third kappa shape index (κ3) is 3.43. The van der Waals surface area contributed by atoms with Crippen molar-refractivity contribution in [3.63, 3.8) is 0 Å². The second-order valence-corrected chi connectivity index (χ2v) is 5.37. The molecule has 0 amide bonds. The lowest BCUT2D eigenvalue weighted by molar-refractivity contribution is -0.350. The molecule has 0 radical (unpaired) electrons. The standard InChI is InChI=1S/C14H19NO10/c1-20-7(16)5-6-9-8(12(17)21-2)11(14(19)23-4)25-15(9)24-10(6)13(18)22-3/h6,8-11H,5H2,1-4H3/t6-,8-,9+,10+,11-/m0/s1. The molecule has 140 valence electrons. The van der Waals surface area contributed by atoms with E-state index >= 15 is 0 Å². The van der Waals surface area contributed by atoms with Crippen molar-refractivity contribution in [1.29, 1.82) is 0 Å².